The first-order valence-corrected chi connectivity index (χ1v) is 5.83. The number of carbonyl (C=O) groups excluding carboxylic acids is 2. The highest BCUT2D eigenvalue weighted by Crippen LogP contribution is 2.18. The van der Waals surface area contributed by atoms with Crippen LogP contribution in [-0.2, 0) is 9.53 Å². The van der Waals surface area contributed by atoms with Crippen LogP contribution in [0.4, 0.5) is 10.1 Å². The maximum atomic E-state index is 13.4. The second-order valence-electron chi connectivity index (χ2n) is 4.16. The van der Waals surface area contributed by atoms with Crippen LogP contribution < -0.4 is 5.73 Å². The standard InChI is InChI=1S/C13H17FN2O3/c1-4-16(3)12(17)7-19-13(18)9-5-10(14)8(2)11(15)6-9/h5-6H,4,7,15H2,1-3H3. The number of rotatable bonds is 4. The number of esters is 1. The van der Waals surface area contributed by atoms with Crippen LogP contribution in [0.5, 0.6) is 0 Å². The van der Waals surface area contributed by atoms with Crippen LogP contribution in [0.1, 0.15) is 22.8 Å². The number of anilines is 1. The Hall–Kier alpha value is -2.11. The molecule has 0 saturated heterocycles. The van der Waals surface area contributed by atoms with E-state index in [4.69, 9.17) is 10.5 Å². The molecule has 0 radical (unpaired) electrons. The first kappa shape index (κ1) is 14.9. The fourth-order valence-electron chi connectivity index (χ4n) is 1.32. The molecule has 0 spiro atoms. The summed E-state index contributed by atoms with van der Waals surface area (Å²) in [6.45, 7) is 3.45. The van der Waals surface area contributed by atoms with Crippen molar-refractivity contribution < 1.29 is 18.7 Å². The lowest BCUT2D eigenvalue weighted by atomic mass is 10.1. The molecule has 0 aromatic heterocycles. The largest absolute Gasteiger partial charge is 0.452 e. The van der Waals surface area contributed by atoms with Crippen LogP contribution in [0.25, 0.3) is 0 Å². The van der Waals surface area contributed by atoms with Gasteiger partial charge < -0.3 is 15.4 Å². The number of nitrogen functional groups attached to an aromatic ring is 1. The van der Waals surface area contributed by atoms with E-state index in [-0.39, 0.29) is 29.3 Å². The Morgan fingerprint density at radius 1 is 1.42 bits per heavy atom. The van der Waals surface area contributed by atoms with E-state index >= 15 is 0 Å². The highest BCUT2D eigenvalue weighted by molar-refractivity contribution is 5.92. The summed E-state index contributed by atoms with van der Waals surface area (Å²) in [7, 11) is 1.60. The van der Waals surface area contributed by atoms with Crippen LogP contribution in [0.3, 0.4) is 0 Å². The first-order valence-electron chi connectivity index (χ1n) is 5.83. The van der Waals surface area contributed by atoms with Crippen LogP contribution in [0.2, 0.25) is 0 Å². The number of amides is 1. The summed E-state index contributed by atoms with van der Waals surface area (Å²) < 4.78 is 18.2. The number of ether oxygens (including phenoxy) is 1. The summed E-state index contributed by atoms with van der Waals surface area (Å²) in [5.74, 6) is -1.68. The second-order valence-corrected chi connectivity index (χ2v) is 4.16. The summed E-state index contributed by atoms with van der Waals surface area (Å²) >= 11 is 0. The Labute approximate surface area is 111 Å². The molecule has 0 aliphatic heterocycles. The zero-order chi connectivity index (χ0) is 14.6. The van der Waals surface area contributed by atoms with Gasteiger partial charge in [0.15, 0.2) is 6.61 Å². The van der Waals surface area contributed by atoms with Crippen molar-refractivity contribution in [3.8, 4) is 0 Å². The van der Waals surface area contributed by atoms with E-state index < -0.39 is 11.8 Å². The molecule has 19 heavy (non-hydrogen) atoms. The van der Waals surface area contributed by atoms with Crippen molar-refractivity contribution in [1.82, 2.24) is 4.90 Å². The third-order valence-electron chi connectivity index (χ3n) is 2.85. The maximum Gasteiger partial charge on any atom is 0.338 e. The van der Waals surface area contributed by atoms with Crippen molar-refractivity contribution in [2.24, 2.45) is 0 Å². The second kappa shape index (κ2) is 6.17. The van der Waals surface area contributed by atoms with Crippen molar-refractivity contribution in [3.63, 3.8) is 0 Å². The van der Waals surface area contributed by atoms with Gasteiger partial charge in [-0.15, -0.1) is 0 Å². The van der Waals surface area contributed by atoms with E-state index in [1.54, 1.807) is 14.0 Å². The van der Waals surface area contributed by atoms with Crippen LogP contribution in [0.15, 0.2) is 12.1 Å². The molecule has 0 unspecified atom stereocenters. The average molecular weight is 268 g/mol. The van der Waals surface area contributed by atoms with Gasteiger partial charge in [-0.25, -0.2) is 9.18 Å². The van der Waals surface area contributed by atoms with Gasteiger partial charge >= 0.3 is 5.97 Å². The van der Waals surface area contributed by atoms with Gasteiger partial charge in [-0.1, -0.05) is 0 Å². The molecule has 2 N–H and O–H groups in total. The average Bonchev–Trinajstić information content (AvgIpc) is 2.39. The van der Waals surface area contributed by atoms with Gasteiger partial charge in [0, 0.05) is 24.8 Å². The number of likely N-dealkylation sites (N-methyl/N-ethyl adjacent to an activating group) is 1. The molecule has 0 fully saturated rings. The molecule has 0 saturated carbocycles. The topological polar surface area (TPSA) is 72.6 Å². The SMILES string of the molecule is CCN(C)C(=O)COC(=O)c1cc(N)c(C)c(F)c1. The van der Waals surface area contributed by atoms with Crippen molar-refractivity contribution in [2.45, 2.75) is 13.8 Å². The Bertz CT molecular complexity index is 480. The summed E-state index contributed by atoms with van der Waals surface area (Å²) in [5.41, 5.74) is 6.00. The van der Waals surface area contributed by atoms with Gasteiger partial charge in [-0.05, 0) is 26.0 Å². The smallest absolute Gasteiger partial charge is 0.338 e. The molecule has 0 bridgehead atoms. The number of benzene rings is 1. The number of nitrogens with zero attached hydrogens (tertiary/aromatic N) is 1. The van der Waals surface area contributed by atoms with E-state index in [0.29, 0.717) is 6.54 Å². The normalized spacial score (nSPS) is 10.1. The number of hydrogen-bond acceptors (Lipinski definition) is 4. The number of nitrogens with two attached hydrogens (primary N) is 1. The van der Waals surface area contributed by atoms with Gasteiger partial charge in [0.2, 0.25) is 0 Å². The summed E-state index contributed by atoms with van der Waals surface area (Å²) in [4.78, 5) is 24.5. The van der Waals surface area contributed by atoms with Crippen LogP contribution in [-0.4, -0.2) is 37.0 Å². The lowest BCUT2D eigenvalue weighted by Crippen LogP contribution is -2.30. The van der Waals surface area contributed by atoms with Crippen LogP contribution in [0, 0.1) is 12.7 Å². The molecular weight excluding hydrogens is 251 g/mol. The van der Waals surface area contributed by atoms with E-state index in [0.717, 1.165) is 6.07 Å². The maximum absolute atomic E-state index is 13.4. The minimum atomic E-state index is -0.775. The highest BCUT2D eigenvalue weighted by Gasteiger charge is 2.15. The highest BCUT2D eigenvalue weighted by atomic mass is 19.1. The molecule has 1 aromatic carbocycles. The molecule has 1 amide bonds. The number of hydrogen-bond donors (Lipinski definition) is 1. The first-order chi connectivity index (χ1) is 8.86. The van der Waals surface area contributed by atoms with Gasteiger partial charge in [0.1, 0.15) is 5.82 Å². The third-order valence-corrected chi connectivity index (χ3v) is 2.85. The third kappa shape index (κ3) is 3.67. The van der Waals surface area contributed by atoms with Crippen molar-refractivity contribution in [3.05, 3.63) is 29.1 Å². The number of halogens is 1. The Morgan fingerprint density at radius 3 is 2.58 bits per heavy atom. The molecule has 0 aliphatic carbocycles. The molecular formula is C13H17FN2O3. The lowest BCUT2D eigenvalue weighted by molar-refractivity contribution is -0.133. The van der Waals surface area contributed by atoms with Crippen molar-refractivity contribution in [1.29, 1.82) is 0 Å². The van der Waals surface area contributed by atoms with Gasteiger partial charge in [0.05, 0.1) is 5.56 Å². The van der Waals surface area contributed by atoms with Crippen LogP contribution >= 0.6 is 0 Å². The van der Waals surface area contributed by atoms with E-state index in [1.807, 2.05) is 0 Å². The fraction of sp³-hybridized carbons (Fsp3) is 0.385. The van der Waals surface area contributed by atoms with Crippen molar-refractivity contribution in [2.75, 3.05) is 25.9 Å². The predicted octanol–water partition coefficient (Wildman–Crippen LogP) is 1.35. The van der Waals surface area contributed by atoms with Crippen molar-refractivity contribution >= 4 is 17.6 Å². The summed E-state index contributed by atoms with van der Waals surface area (Å²) in [6.07, 6.45) is 0. The fourth-order valence-corrected chi connectivity index (χ4v) is 1.32. The molecule has 0 atom stereocenters. The predicted molar refractivity (Wildman–Crippen MR) is 69.1 cm³/mol. The summed E-state index contributed by atoms with van der Waals surface area (Å²) in [5, 5.41) is 0. The van der Waals surface area contributed by atoms with E-state index in [1.165, 1.54) is 17.9 Å². The van der Waals surface area contributed by atoms with Gasteiger partial charge in [0.25, 0.3) is 5.91 Å². The van der Waals surface area contributed by atoms with E-state index in [9.17, 15) is 14.0 Å². The Morgan fingerprint density at radius 2 is 2.05 bits per heavy atom. The molecule has 1 aromatic rings. The Kier molecular flexibility index (Phi) is 4.86. The zero-order valence-corrected chi connectivity index (χ0v) is 11.2. The summed E-state index contributed by atoms with van der Waals surface area (Å²) in [6, 6.07) is 2.37. The minimum Gasteiger partial charge on any atom is -0.452 e. The quantitative estimate of drug-likeness (QED) is 0.661. The van der Waals surface area contributed by atoms with Gasteiger partial charge in [-0.2, -0.15) is 0 Å². The van der Waals surface area contributed by atoms with Gasteiger partial charge in [-0.3, -0.25) is 4.79 Å². The lowest BCUT2D eigenvalue weighted by Gasteiger charge is -2.14. The molecule has 0 aliphatic rings. The Balaban J connectivity index is 2.72. The monoisotopic (exact) mass is 268 g/mol. The molecule has 0 heterocycles. The zero-order valence-electron chi connectivity index (χ0n) is 11.2. The minimum absolute atomic E-state index is 0.00690. The molecule has 5 nitrogen and oxygen atoms in total. The van der Waals surface area contributed by atoms with E-state index in [2.05, 4.69) is 0 Å². The molecule has 104 valence electrons. The molecule has 6 heteroatoms. The molecule has 1 rings (SSSR count). The number of carbonyl (C=O) groups is 2.